The Balaban J connectivity index is 1.62. The second-order valence-electron chi connectivity index (χ2n) is 5.96. The van der Waals surface area contributed by atoms with Gasteiger partial charge in [-0.15, -0.1) is 0 Å². The first kappa shape index (κ1) is 16.0. The first-order valence-corrected chi connectivity index (χ1v) is 8.10. The van der Waals surface area contributed by atoms with Crippen LogP contribution in [-0.4, -0.2) is 71.5 Å². The number of aromatic nitrogens is 2. The SMILES string of the molecule is COCCN1CCN(C(=O)Cc2c(C)nc3ccccn23)CC1. The number of nitrogens with zero attached hydrogens (tertiary/aromatic N) is 4. The van der Waals surface area contributed by atoms with Crippen molar-refractivity contribution in [3.8, 4) is 0 Å². The van der Waals surface area contributed by atoms with Crippen LogP contribution in [0.1, 0.15) is 11.4 Å². The Morgan fingerprint density at radius 2 is 2.04 bits per heavy atom. The van der Waals surface area contributed by atoms with Crippen molar-refractivity contribution < 1.29 is 9.53 Å². The fourth-order valence-electron chi connectivity index (χ4n) is 3.07. The van der Waals surface area contributed by atoms with Crippen molar-refractivity contribution in [1.82, 2.24) is 19.2 Å². The molecular weight excluding hydrogens is 292 g/mol. The van der Waals surface area contributed by atoms with E-state index in [0.29, 0.717) is 6.42 Å². The van der Waals surface area contributed by atoms with Gasteiger partial charge in [-0.05, 0) is 19.1 Å². The van der Waals surface area contributed by atoms with Gasteiger partial charge in [0.15, 0.2) is 0 Å². The normalized spacial score (nSPS) is 16.2. The van der Waals surface area contributed by atoms with E-state index in [0.717, 1.165) is 56.4 Å². The lowest BCUT2D eigenvalue weighted by molar-refractivity contribution is -0.132. The molecule has 23 heavy (non-hydrogen) atoms. The summed E-state index contributed by atoms with van der Waals surface area (Å²) < 4.78 is 7.13. The van der Waals surface area contributed by atoms with Gasteiger partial charge in [0.1, 0.15) is 5.65 Å². The Morgan fingerprint density at radius 3 is 2.78 bits per heavy atom. The highest BCUT2D eigenvalue weighted by atomic mass is 16.5. The maximum atomic E-state index is 12.6. The lowest BCUT2D eigenvalue weighted by Crippen LogP contribution is -2.49. The van der Waals surface area contributed by atoms with Gasteiger partial charge in [0.2, 0.25) is 5.91 Å². The molecule has 0 aliphatic carbocycles. The van der Waals surface area contributed by atoms with Crippen LogP contribution in [-0.2, 0) is 16.0 Å². The summed E-state index contributed by atoms with van der Waals surface area (Å²) in [4.78, 5) is 21.5. The molecule has 2 aromatic heterocycles. The third-order valence-electron chi connectivity index (χ3n) is 4.48. The number of carbonyl (C=O) groups excluding carboxylic acids is 1. The molecule has 1 aliphatic rings. The van der Waals surface area contributed by atoms with Gasteiger partial charge in [0.05, 0.1) is 24.4 Å². The highest BCUT2D eigenvalue weighted by molar-refractivity contribution is 5.79. The Labute approximate surface area is 136 Å². The van der Waals surface area contributed by atoms with Crippen molar-refractivity contribution in [2.24, 2.45) is 0 Å². The maximum Gasteiger partial charge on any atom is 0.228 e. The number of pyridine rings is 1. The molecule has 2 aromatic rings. The van der Waals surface area contributed by atoms with E-state index in [1.807, 2.05) is 40.6 Å². The van der Waals surface area contributed by atoms with E-state index in [1.54, 1.807) is 7.11 Å². The van der Waals surface area contributed by atoms with E-state index in [-0.39, 0.29) is 5.91 Å². The number of amides is 1. The molecule has 6 nitrogen and oxygen atoms in total. The Bertz CT molecular complexity index is 674. The van der Waals surface area contributed by atoms with E-state index in [2.05, 4.69) is 9.88 Å². The number of rotatable bonds is 5. The minimum Gasteiger partial charge on any atom is -0.383 e. The predicted octanol–water partition coefficient (Wildman–Crippen LogP) is 0.976. The molecule has 0 spiro atoms. The fraction of sp³-hybridized carbons (Fsp3) is 0.529. The van der Waals surface area contributed by atoms with Gasteiger partial charge in [-0.3, -0.25) is 9.69 Å². The van der Waals surface area contributed by atoms with E-state index < -0.39 is 0 Å². The molecule has 1 aliphatic heterocycles. The number of hydrogen-bond acceptors (Lipinski definition) is 4. The van der Waals surface area contributed by atoms with Crippen LogP contribution in [0.5, 0.6) is 0 Å². The summed E-state index contributed by atoms with van der Waals surface area (Å²) in [5, 5.41) is 0. The van der Waals surface area contributed by atoms with Crippen LogP contribution in [0.15, 0.2) is 24.4 Å². The molecule has 0 unspecified atom stereocenters. The van der Waals surface area contributed by atoms with E-state index >= 15 is 0 Å². The Kier molecular flexibility index (Phi) is 4.93. The number of hydrogen-bond donors (Lipinski definition) is 0. The lowest BCUT2D eigenvalue weighted by atomic mass is 10.2. The zero-order valence-electron chi connectivity index (χ0n) is 13.9. The minimum atomic E-state index is 0.185. The van der Waals surface area contributed by atoms with Crippen LogP contribution >= 0.6 is 0 Å². The molecule has 1 fully saturated rings. The maximum absolute atomic E-state index is 12.6. The Morgan fingerprint density at radius 1 is 1.26 bits per heavy atom. The first-order valence-electron chi connectivity index (χ1n) is 8.10. The second kappa shape index (κ2) is 7.10. The van der Waals surface area contributed by atoms with Crippen molar-refractivity contribution in [3.63, 3.8) is 0 Å². The van der Waals surface area contributed by atoms with Crippen LogP contribution in [0.2, 0.25) is 0 Å². The van der Waals surface area contributed by atoms with E-state index in [4.69, 9.17) is 4.74 Å². The van der Waals surface area contributed by atoms with Crippen LogP contribution in [0.4, 0.5) is 0 Å². The van der Waals surface area contributed by atoms with Gasteiger partial charge in [-0.1, -0.05) is 6.07 Å². The molecule has 6 heteroatoms. The standard InChI is InChI=1S/C17H24N4O2/c1-14-15(21-6-4-3-5-16(21)18-14)13-17(22)20-9-7-19(8-10-20)11-12-23-2/h3-6H,7-13H2,1-2H3. The van der Waals surface area contributed by atoms with Crippen LogP contribution in [0.3, 0.4) is 0 Å². The van der Waals surface area contributed by atoms with Crippen LogP contribution in [0.25, 0.3) is 5.65 Å². The number of carbonyl (C=O) groups is 1. The van der Waals surface area contributed by atoms with Gasteiger partial charge in [-0.25, -0.2) is 4.98 Å². The average Bonchev–Trinajstić information content (AvgIpc) is 2.89. The van der Waals surface area contributed by atoms with Crippen molar-refractivity contribution in [3.05, 3.63) is 35.8 Å². The number of fused-ring (bicyclic) bond motifs is 1. The summed E-state index contributed by atoms with van der Waals surface area (Å²) in [7, 11) is 1.72. The monoisotopic (exact) mass is 316 g/mol. The summed E-state index contributed by atoms with van der Waals surface area (Å²) >= 11 is 0. The fourth-order valence-corrected chi connectivity index (χ4v) is 3.07. The molecule has 0 N–H and O–H groups in total. The van der Waals surface area contributed by atoms with Crippen molar-refractivity contribution in [1.29, 1.82) is 0 Å². The first-order chi connectivity index (χ1) is 11.2. The third-order valence-corrected chi connectivity index (χ3v) is 4.48. The molecule has 124 valence electrons. The third kappa shape index (κ3) is 3.54. The van der Waals surface area contributed by atoms with Crippen molar-refractivity contribution in [2.75, 3.05) is 46.4 Å². The highest BCUT2D eigenvalue weighted by Crippen LogP contribution is 2.14. The second-order valence-corrected chi connectivity index (χ2v) is 5.96. The molecule has 0 bridgehead atoms. The number of imidazole rings is 1. The quantitative estimate of drug-likeness (QED) is 0.825. The van der Waals surface area contributed by atoms with Gasteiger partial charge >= 0.3 is 0 Å². The van der Waals surface area contributed by atoms with Crippen molar-refractivity contribution >= 4 is 11.6 Å². The predicted molar refractivity (Wildman–Crippen MR) is 88.5 cm³/mol. The number of aryl methyl sites for hydroxylation is 1. The summed E-state index contributed by atoms with van der Waals surface area (Å²) in [5.41, 5.74) is 2.83. The average molecular weight is 316 g/mol. The molecule has 1 amide bonds. The van der Waals surface area contributed by atoms with Gasteiger partial charge in [-0.2, -0.15) is 0 Å². The molecule has 0 atom stereocenters. The molecule has 1 saturated heterocycles. The van der Waals surface area contributed by atoms with Gasteiger partial charge < -0.3 is 14.0 Å². The zero-order chi connectivity index (χ0) is 16.2. The minimum absolute atomic E-state index is 0.185. The topological polar surface area (TPSA) is 50.1 Å². The molecule has 0 aromatic carbocycles. The summed E-state index contributed by atoms with van der Waals surface area (Å²) in [6.07, 6.45) is 2.38. The van der Waals surface area contributed by atoms with E-state index in [9.17, 15) is 4.79 Å². The van der Waals surface area contributed by atoms with Crippen molar-refractivity contribution in [2.45, 2.75) is 13.3 Å². The zero-order valence-corrected chi connectivity index (χ0v) is 13.9. The number of ether oxygens (including phenoxy) is 1. The largest absolute Gasteiger partial charge is 0.383 e. The summed E-state index contributed by atoms with van der Waals surface area (Å²) in [5.74, 6) is 0.185. The van der Waals surface area contributed by atoms with E-state index in [1.165, 1.54) is 0 Å². The molecule has 3 rings (SSSR count). The number of piperazine rings is 1. The molecule has 3 heterocycles. The molecule has 0 radical (unpaired) electrons. The van der Waals surface area contributed by atoms with Crippen LogP contribution < -0.4 is 0 Å². The summed E-state index contributed by atoms with van der Waals surface area (Å²) in [6, 6.07) is 5.90. The molecule has 0 saturated carbocycles. The van der Waals surface area contributed by atoms with Crippen LogP contribution in [0, 0.1) is 6.92 Å². The lowest BCUT2D eigenvalue weighted by Gasteiger charge is -2.34. The summed E-state index contributed by atoms with van der Waals surface area (Å²) in [6.45, 7) is 7.07. The Hall–Kier alpha value is -1.92. The number of methoxy groups -OCH3 is 1. The smallest absolute Gasteiger partial charge is 0.228 e. The highest BCUT2D eigenvalue weighted by Gasteiger charge is 2.22. The van der Waals surface area contributed by atoms with Gasteiger partial charge in [0.25, 0.3) is 0 Å². The van der Waals surface area contributed by atoms with Gasteiger partial charge in [0, 0.05) is 46.0 Å². The molecular formula is C17H24N4O2.